The van der Waals surface area contributed by atoms with Crippen LogP contribution in [0.1, 0.15) is 19.4 Å². The molecule has 1 aromatic rings. The van der Waals surface area contributed by atoms with Crippen LogP contribution in [0, 0.1) is 16.0 Å². The van der Waals surface area contributed by atoms with E-state index in [2.05, 4.69) is 5.32 Å². The van der Waals surface area contributed by atoms with Crippen molar-refractivity contribution in [1.82, 2.24) is 0 Å². The topological polar surface area (TPSA) is 72.2 Å². The summed E-state index contributed by atoms with van der Waals surface area (Å²) in [5.74, 6) is -0.970. The van der Waals surface area contributed by atoms with Gasteiger partial charge in [0.25, 0.3) is 5.69 Å². The molecule has 0 fully saturated rings. The molecule has 0 aromatic heterocycles. The minimum Gasteiger partial charge on any atom is -0.326 e. The average molecular weight is 276 g/mol. The van der Waals surface area contributed by atoms with E-state index in [9.17, 15) is 28.1 Å². The lowest BCUT2D eigenvalue weighted by Crippen LogP contribution is -2.18. The van der Waals surface area contributed by atoms with Gasteiger partial charge < -0.3 is 5.32 Å². The molecule has 0 aliphatic carbocycles. The summed E-state index contributed by atoms with van der Waals surface area (Å²) in [5.41, 5.74) is -2.16. The van der Waals surface area contributed by atoms with Crippen molar-refractivity contribution >= 4 is 17.3 Å². The van der Waals surface area contributed by atoms with E-state index in [1.807, 2.05) is 0 Å². The molecule has 0 bridgehead atoms. The van der Waals surface area contributed by atoms with E-state index in [0.29, 0.717) is 12.1 Å². The van der Waals surface area contributed by atoms with Crippen LogP contribution in [0.3, 0.4) is 0 Å². The summed E-state index contributed by atoms with van der Waals surface area (Å²) in [6.07, 6.45) is -4.72. The predicted octanol–water partition coefficient (Wildman–Crippen LogP) is 3.21. The second-order valence-corrected chi connectivity index (χ2v) is 4.17. The summed E-state index contributed by atoms with van der Waals surface area (Å²) in [4.78, 5) is 21.0. The second-order valence-electron chi connectivity index (χ2n) is 4.17. The number of alkyl halides is 3. The van der Waals surface area contributed by atoms with Gasteiger partial charge in [0.15, 0.2) is 0 Å². The number of halogens is 3. The van der Waals surface area contributed by atoms with E-state index in [0.717, 1.165) is 6.07 Å². The van der Waals surface area contributed by atoms with Gasteiger partial charge in [0, 0.05) is 23.7 Å². The molecule has 0 saturated carbocycles. The maximum Gasteiger partial charge on any atom is 0.416 e. The van der Waals surface area contributed by atoms with Gasteiger partial charge in [0.05, 0.1) is 10.5 Å². The highest BCUT2D eigenvalue weighted by Gasteiger charge is 2.33. The number of nitro benzene ring substituents is 1. The zero-order valence-corrected chi connectivity index (χ0v) is 10.1. The van der Waals surface area contributed by atoms with Crippen molar-refractivity contribution in [1.29, 1.82) is 0 Å². The number of nitrogens with one attached hydrogen (secondary N) is 1. The number of amides is 1. The quantitative estimate of drug-likeness (QED) is 0.680. The minimum atomic E-state index is -4.72. The molecular weight excluding hydrogens is 265 g/mol. The number of carbonyl (C=O) groups is 1. The number of nitrogens with zero attached hydrogens (tertiary/aromatic N) is 1. The van der Waals surface area contributed by atoms with Crippen LogP contribution < -0.4 is 5.32 Å². The first-order valence-corrected chi connectivity index (χ1v) is 5.29. The van der Waals surface area contributed by atoms with E-state index in [-0.39, 0.29) is 5.69 Å². The molecule has 1 amide bonds. The van der Waals surface area contributed by atoms with E-state index >= 15 is 0 Å². The molecule has 1 aromatic carbocycles. The highest BCUT2D eigenvalue weighted by Crippen LogP contribution is 2.34. The zero-order chi connectivity index (χ0) is 14.8. The molecule has 19 heavy (non-hydrogen) atoms. The average Bonchev–Trinajstić information content (AvgIpc) is 2.27. The van der Waals surface area contributed by atoms with Crippen LogP contribution in [0.5, 0.6) is 0 Å². The first-order valence-electron chi connectivity index (χ1n) is 5.29. The molecule has 5 nitrogen and oxygen atoms in total. The summed E-state index contributed by atoms with van der Waals surface area (Å²) in [6, 6.07) is 1.97. The Morgan fingerprint density at radius 1 is 1.32 bits per heavy atom. The van der Waals surface area contributed by atoms with Gasteiger partial charge in [-0.15, -0.1) is 0 Å². The molecule has 104 valence electrons. The number of nitro groups is 1. The summed E-state index contributed by atoms with van der Waals surface area (Å²) >= 11 is 0. The van der Waals surface area contributed by atoms with Gasteiger partial charge in [-0.2, -0.15) is 13.2 Å². The first-order chi connectivity index (χ1) is 8.61. The van der Waals surface area contributed by atoms with Gasteiger partial charge in [-0.3, -0.25) is 14.9 Å². The van der Waals surface area contributed by atoms with Crippen LogP contribution in [-0.4, -0.2) is 10.8 Å². The molecule has 8 heteroatoms. The largest absolute Gasteiger partial charge is 0.416 e. The number of rotatable bonds is 3. The third-order valence-electron chi connectivity index (χ3n) is 2.25. The first kappa shape index (κ1) is 14.9. The van der Waals surface area contributed by atoms with Crippen LogP contribution in [0.25, 0.3) is 0 Å². The highest BCUT2D eigenvalue weighted by atomic mass is 19.4. The fraction of sp³-hybridized carbons (Fsp3) is 0.364. The van der Waals surface area contributed by atoms with Gasteiger partial charge in [-0.25, -0.2) is 0 Å². The summed E-state index contributed by atoms with van der Waals surface area (Å²) in [5, 5.41) is 12.8. The van der Waals surface area contributed by atoms with Crippen LogP contribution in [-0.2, 0) is 11.0 Å². The van der Waals surface area contributed by atoms with Gasteiger partial charge in [0.2, 0.25) is 5.91 Å². The van der Waals surface area contributed by atoms with Crippen LogP contribution in [0.4, 0.5) is 24.5 Å². The van der Waals surface area contributed by atoms with Crippen LogP contribution >= 0.6 is 0 Å². The van der Waals surface area contributed by atoms with Crippen molar-refractivity contribution in [3.05, 3.63) is 33.9 Å². The number of anilines is 1. The second kappa shape index (κ2) is 5.25. The Labute approximate surface area is 106 Å². The lowest BCUT2D eigenvalue weighted by Gasteiger charge is -2.11. The molecule has 0 aliphatic heterocycles. The zero-order valence-electron chi connectivity index (χ0n) is 10.1. The molecule has 0 heterocycles. The van der Waals surface area contributed by atoms with Crippen LogP contribution in [0.2, 0.25) is 0 Å². The van der Waals surface area contributed by atoms with E-state index < -0.39 is 34.2 Å². The molecule has 1 N–H and O–H groups in total. The summed E-state index contributed by atoms with van der Waals surface area (Å²) in [7, 11) is 0. The monoisotopic (exact) mass is 276 g/mol. The fourth-order valence-electron chi connectivity index (χ4n) is 1.24. The Bertz CT molecular complexity index is 512. The van der Waals surface area contributed by atoms with E-state index in [1.165, 1.54) is 0 Å². The lowest BCUT2D eigenvalue weighted by molar-refractivity contribution is -0.385. The normalized spacial score (nSPS) is 11.5. The van der Waals surface area contributed by atoms with Gasteiger partial charge in [-0.05, 0) is 6.07 Å². The van der Waals surface area contributed by atoms with Crippen molar-refractivity contribution in [3.8, 4) is 0 Å². The molecule has 0 radical (unpaired) electrons. The number of non-ortho nitro benzene ring substituents is 1. The molecule has 0 aliphatic rings. The Morgan fingerprint density at radius 2 is 1.89 bits per heavy atom. The van der Waals surface area contributed by atoms with Crippen molar-refractivity contribution in [2.24, 2.45) is 5.92 Å². The lowest BCUT2D eigenvalue weighted by atomic mass is 10.1. The number of hydrogen-bond donors (Lipinski definition) is 1. The summed E-state index contributed by atoms with van der Waals surface area (Å²) in [6.45, 7) is 3.11. The number of benzene rings is 1. The molecule has 1 rings (SSSR count). The molecule has 0 spiro atoms. The molecular formula is C11H11F3N2O3. The molecule has 0 atom stereocenters. The van der Waals surface area contributed by atoms with E-state index in [4.69, 9.17) is 0 Å². The Morgan fingerprint density at radius 3 is 2.32 bits per heavy atom. The van der Waals surface area contributed by atoms with Crippen molar-refractivity contribution in [3.63, 3.8) is 0 Å². The van der Waals surface area contributed by atoms with E-state index in [1.54, 1.807) is 13.8 Å². The standard InChI is InChI=1S/C11H11F3N2O3/c1-6(2)10(17)15-8-3-7(11(12,13)14)4-9(5-8)16(18)19/h3-6H,1-2H3,(H,15,17). The Hall–Kier alpha value is -2.12. The minimum absolute atomic E-state index is 0.250. The fourth-order valence-corrected chi connectivity index (χ4v) is 1.24. The Balaban J connectivity index is 3.21. The van der Waals surface area contributed by atoms with Crippen LogP contribution in [0.15, 0.2) is 18.2 Å². The number of carbonyl (C=O) groups excluding carboxylic acids is 1. The maximum atomic E-state index is 12.6. The predicted molar refractivity (Wildman–Crippen MR) is 61.6 cm³/mol. The third-order valence-corrected chi connectivity index (χ3v) is 2.25. The maximum absolute atomic E-state index is 12.6. The third kappa shape index (κ3) is 3.94. The van der Waals surface area contributed by atoms with Crippen molar-refractivity contribution in [2.45, 2.75) is 20.0 Å². The number of hydrogen-bond acceptors (Lipinski definition) is 3. The summed E-state index contributed by atoms with van der Waals surface area (Å²) < 4.78 is 37.7. The van der Waals surface area contributed by atoms with Gasteiger partial charge in [-0.1, -0.05) is 13.8 Å². The smallest absolute Gasteiger partial charge is 0.326 e. The van der Waals surface area contributed by atoms with Gasteiger partial charge in [0.1, 0.15) is 0 Å². The molecule has 0 saturated heterocycles. The van der Waals surface area contributed by atoms with Gasteiger partial charge >= 0.3 is 6.18 Å². The van der Waals surface area contributed by atoms with Crippen molar-refractivity contribution < 1.29 is 22.9 Å². The highest BCUT2D eigenvalue weighted by molar-refractivity contribution is 5.92. The van der Waals surface area contributed by atoms with Crippen molar-refractivity contribution in [2.75, 3.05) is 5.32 Å². The Kier molecular flexibility index (Phi) is 4.13. The SMILES string of the molecule is CC(C)C(=O)Nc1cc([N+](=O)[O-])cc(C(F)(F)F)c1. The molecule has 0 unspecified atom stereocenters.